The number of fused-ring (bicyclic) bond motifs is 2. The van der Waals surface area contributed by atoms with E-state index in [9.17, 15) is 18.0 Å². The Morgan fingerprint density at radius 2 is 1.89 bits per heavy atom. The highest BCUT2D eigenvalue weighted by Crippen LogP contribution is 2.51. The largest absolute Gasteiger partial charge is 0.434 e. The molecule has 1 saturated carbocycles. The van der Waals surface area contributed by atoms with Crippen LogP contribution in [-0.2, 0) is 18.1 Å². The molecule has 2 aliphatic rings. The van der Waals surface area contributed by atoms with Gasteiger partial charge in [-0.3, -0.25) is 4.90 Å². The number of thiazole rings is 1. The number of alkyl halides is 3. The Labute approximate surface area is 215 Å². The fourth-order valence-electron chi connectivity index (χ4n) is 5.12. The third-order valence-corrected chi connectivity index (χ3v) is 8.56. The van der Waals surface area contributed by atoms with Gasteiger partial charge in [0, 0.05) is 23.4 Å². The SMILES string of the molecule is CCSc1ccc(CNC(=O)N2CC3(CCCC3)c3nc(-c4sc(N)nc4C(F)(F)F)ccc32)cc1. The second-order valence-electron chi connectivity index (χ2n) is 9.10. The average molecular weight is 534 g/mol. The average Bonchev–Trinajstić information content (AvgIpc) is 3.56. The molecule has 3 aromatic rings. The van der Waals surface area contributed by atoms with Crippen molar-refractivity contribution < 1.29 is 18.0 Å². The molecule has 1 spiro atoms. The van der Waals surface area contributed by atoms with E-state index in [4.69, 9.17) is 10.7 Å². The lowest BCUT2D eigenvalue weighted by atomic mass is 9.84. The summed E-state index contributed by atoms with van der Waals surface area (Å²) in [5.74, 6) is 0.996. The number of amides is 2. The molecule has 1 fully saturated rings. The summed E-state index contributed by atoms with van der Waals surface area (Å²) in [7, 11) is 0. The van der Waals surface area contributed by atoms with Crippen LogP contribution in [0.15, 0.2) is 41.3 Å². The maximum atomic E-state index is 13.6. The number of benzene rings is 1. The molecule has 5 rings (SSSR count). The van der Waals surface area contributed by atoms with Crippen molar-refractivity contribution in [1.29, 1.82) is 0 Å². The maximum absolute atomic E-state index is 13.6. The van der Waals surface area contributed by atoms with E-state index in [2.05, 4.69) is 17.2 Å². The molecule has 1 aliphatic carbocycles. The molecule has 0 bridgehead atoms. The number of halogens is 3. The fraction of sp³-hybridized carbons (Fsp3) is 0.400. The lowest BCUT2D eigenvalue weighted by molar-refractivity contribution is -0.140. The van der Waals surface area contributed by atoms with Gasteiger partial charge in [-0.05, 0) is 48.4 Å². The molecule has 0 radical (unpaired) electrons. The molecule has 1 aliphatic heterocycles. The predicted octanol–water partition coefficient (Wildman–Crippen LogP) is 6.46. The number of nitrogens with one attached hydrogen (secondary N) is 1. The summed E-state index contributed by atoms with van der Waals surface area (Å²) < 4.78 is 40.7. The monoisotopic (exact) mass is 533 g/mol. The van der Waals surface area contributed by atoms with Crippen molar-refractivity contribution in [1.82, 2.24) is 15.3 Å². The number of hydrogen-bond acceptors (Lipinski definition) is 6. The van der Waals surface area contributed by atoms with Crippen LogP contribution in [0.1, 0.15) is 49.6 Å². The van der Waals surface area contributed by atoms with E-state index in [0.717, 1.165) is 48.3 Å². The summed E-state index contributed by atoms with van der Waals surface area (Å²) in [6.07, 6.45) is -0.968. The quantitative estimate of drug-likeness (QED) is 0.368. The Morgan fingerprint density at radius 1 is 1.17 bits per heavy atom. The number of carbonyl (C=O) groups excluding carboxylic acids is 1. The molecule has 2 aromatic heterocycles. The molecule has 36 heavy (non-hydrogen) atoms. The zero-order chi connectivity index (χ0) is 25.5. The maximum Gasteiger partial charge on any atom is 0.434 e. The van der Waals surface area contributed by atoms with Crippen LogP contribution in [0.2, 0.25) is 0 Å². The lowest BCUT2D eigenvalue weighted by Crippen LogP contribution is -2.41. The number of nitrogen functional groups attached to an aromatic ring is 1. The Balaban J connectivity index is 1.42. The Morgan fingerprint density at radius 3 is 2.56 bits per heavy atom. The van der Waals surface area contributed by atoms with Gasteiger partial charge in [-0.25, -0.2) is 14.8 Å². The molecule has 6 nitrogen and oxygen atoms in total. The first-order valence-electron chi connectivity index (χ1n) is 11.8. The van der Waals surface area contributed by atoms with E-state index < -0.39 is 11.9 Å². The Bertz CT molecular complexity index is 1270. The number of thioether (sulfide) groups is 1. The van der Waals surface area contributed by atoms with Crippen LogP contribution >= 0.6 is 23.1 Å². The van der Waals surface area contributed by atoms with Gasteiger partial charge in [0.15, 0.2) is 10.8 Å². The summed E-state index contributed by atoms with van der Waals surface area (Å²) >= 11 is 2.54. The van der Waals surface area contributed by atoms with Crippen molar-refractivity contribution in [2.45, 2.75) is 55.6 Å². The van der Waals surface area contributed by atoms with Gasteiger partial charge in [0.05, 0.1) is 22.0 Å². The number of anilines is 2. The van der Waals surface area contributed by atoms with Gasteiger partial charge in [0.1, 0.15) is 0 Å². The molecular formula is C25H26F3N5OS2. The number of aromatic nitrogens is 2. The summed E-state index contributed by atoms with van der Waals surface area (Å²) in [5.41, 5.74) is 6.78. The Kier molecular flexibility index (Phi) is 6.63. The highest BCUT2D eigenvalue weighted by molar-refractivity contribution is 7.99. The van der Waals surface area contributed by atoms with Crippen LogP contribution in [-0.4, -0.2) is 28.3 Å². The molecule has 0 atom stereocenters. The predicted molar refractivity (Wildman–Crippen MR) is 137 cm³/mol. The van der Waals surface area contributed by atoms with E-state index in [-0.39, 0.29) is 27.1 Å². The highest BCUT2D eigenvalue weighted by Gasteiger charge is 2.48. The van der Waals surface area contributed by atoms with E-state index in [1.54, 1.807) is 22.7 Å². The number of hydrogen-bond donors (Lipinski definition) is 2. The standard InChI is InChI=1S/C25H26F3N5OS2/c1-2-35-16-7-5-15(6-8-16)13-30-23(34)33-14-24(11-3-4-12-24)20-18(33)10-9-17(31-20)19-21(25(26,27)28)32-22(29)36-19/h5-10H,2-4,11-14H2,1H3,(H2,29,32)(H,30,34). The highest BCUT2D eigenvalue weighted by atomic mass is 32.2. The zero-order valence-corrected chi connectivity index (χ0v) is 21.3. The second kappa shape index (κ2) is 9.59. The van der Waals surface area contributed by atoms with Gasteiger partial charge in [0.2, 0.25) is 0 Å². The molecule has 0 unspecified atom stereocenters. The molecular weight excluding hydrogens is 507 g/mol. The lowest BCUT2D eigenvalue weighted by Gasteiger charge is -2.24. The fourth-order valence-corrected chi connectivity index (χ4v) is 6.61. The first-order valence-corrected chi connectivity index (χ1v) is 13.6. The number of carbonyl (C=O) groups is 1. The molecule has 3 N–H and O–H groups in total. The van der Waals surface area contributed by atoms with Gasteiger partial charge in [-0.15, -0.1) is 11.8 Å². The minimum atomic E-state index is -4.63. The summed E-state index contributed by atoms with van der Waals surface area (Å²) in [5, 5.41) is 2.84. The van der Waals surface area contributed by atoms with Crippen LogP contribution < -0.4 is 16.0 Å². The van der Waals surface area contributed by atoms with Gasteiger partial charge >= 0.3 is 12.2 Å². The molecule has 11 heteroatoms. The number of urea groups is 1. The second-order valence-corrected chi connectivity index (χ2v) is 11.5. The third kappa shape index (κ3) is 4.66. The smallest absolute Gasteiger partial charge is 0.375 e. The van der Waals surface area contributed by atoms with Crippen molar-refractivity contribution in [2.24, 2.45) is 0 Å². The molecule has 2 amide bonds. The first-order chi connectivity index (χ1) is 17.2. The summed E-state index contributed by atoms with van der Waals surface area (Å²) in [6.45, 7) is 2.95. The van der Waals surface area contributed by atoms with E-state index in [0.29, 0.717) is 24.5 Å². The van der Waals surface area contributed by atoms with Gasteiger partial charge < -0.3 is 11.1 Å². The first kappa shape index (κ1) is 24.9. The van der Waals surface area contributed by atoms with Crippen LogP contribution in [0.25, 0.3) is 10.6 Å². The normalized spacial score (nSPS) is 16.5. The van der Waals surface area contributed by atoms with Crippen molar-refractivity contribution >= 4 is 39.9 Å². The summed E-state index contributed by atoms with van der Waals surface area (Å²) in [4.78, 5) is 24.2. The van der Waals surface area contributed by atoms with E-state index in [1.165, 1.54) is 11.0 Å². The van der Waals surface area contributed by atoms with Crippen molar-refractivity contribution in [3.8, 4) is 10.6 Å². The zero-order valence-electron chi connectivity index (χ0n) is 19.7. The van der Waals surface area contributed by atoms with Crippen LogP contribution in [0, 0.1) is 0 Å². The van der Waals surface area contributed by atoms with Gasteiger partial charge in [-0.1, -0.05) is 43.2 Å². The van der Waals surface area contributed by atoms with Crippen molar-refractivity contribution in [3.63, 3.8) is 0 Å². The number of pyridine rings is 1. The van der Waals surface area contributed by atoms with Crippen LogP contribution in [0.4, 0.5) is 28.8 Å². The third-order valence-electron chi connectivity index (χ3n) is 6.76. The van der Waals surface area contributed by atoms with E-state index in [1.807, 2.05) is 24.3 Å². The topological polar surface area (TPSA) is 84.1 Å². The van der Waals surface area contributed by atoms with Crippen molar-refractivity contribution in [2.75, 3.05) is 22.9 Å². The van der Waals surface area contributed by atoms with Crippen LogP contribution in [0.3, 0.4) is 0 Å². The summed E-state index contributed by atoms with van der Waals surface area (Å²) in [6, 6.07) is 11.1. The number of nitrogens with two attached hydrogens (primary N) is 1. The minimum Gasteiger partial charge on any atom is -0.375 e. The molecule has 190 valence electrons. The molecule has 0 saturated heterocycles. The van der Waals surface area contributed by atoms with E-state index >= 15 is 0 Å². The van der Waals surface area contributed by atoms with Gasteiger partial charge in [-0.2, -0.15) is 13.2 Å². The minimum absolute atomic E-state index is 0.0940. The van der Waals surface area contributed by atoms with Gasteiger partial charge in [0.25, 0.3) is 0 Å². The number of rotatable bonds is 5. The molecule has 1 aromatic carbocycles. The Hall–Kier alpha value is -2.79. The van der Waals surface area contributed by atoms with Crippen LogP contribution in [0.5, 0.6) is 0 Å². The van der Waals surface area contributed by atoms with Crippen molar-refractivity contribution in [3.05, 3.63) is 53.3 Å². The number of nitrogens with zero attached hydrogens (tertiary/aromatic N) is 3. The molecule has 3 heterocycles.